The van der Waals surface area contributed by atoms with Crippen LogP contribution in [-0.2, 0) is 19.3 Å². The average Bonchev–Trinajstić information content (AvgIpc) is 3.31. The third kappa shape index (κ3) is 3.09. The lowest BCUT2D eigenvalue weighted by Crippen LogP contribution is -2.44. The number of nitrogens with zero attached hydrogens (tertiary/aromatic N) is 2. The highest BCUT2D eigenvalue weighted by atomic mass is 16.5. The maximum Gasteiger partial charge on any atom is 0.254 e. The molecule has 3 aromatic rings. The topological polar surface area (TPSA) is 58.2 Å². The molecular formula is C25H25N3O2. The number of aromatic nitrogens is 2. The van der Waals surface area contributed by atoms with Crippen LogP contribution >= 0.6 is 0 Å². The van der Waals surface area contributed by atoms with Gasteiger partial charge in [-0.1, -0.05) is 18.2 Å². The lowest BCUT2D eigenvalue weighted by molar-refractivity contribution is 0.0643. The lowest BCUT2D eigenvalue weighted by atomic mass is 9.91. The number of ether oxygens (including phenoxy) is 1. The molecule has 1 aliphatic heterocycles. The molecule has 0 spiro atoms. The van der Waals surface area contributed by atoms with Crippen molar-refractivity contribution in [1.29, 1.82) is 0 Å². The van der Waals surface area contributed by atoms with Gasteiger partial charge >= 0.3 is 0 Å². The molecule has 0 bridgehead atoms. The fraction of sp³-hybridized carbons (Fsp3) is 0.360. The van der Waals surface area contributed by atoms with Crippen molar-refractivity contribution in [3.8, 4) is 16.9 Å². The summed E-state index contributed by atoms with van der Waals surface area (Å²) >= 11 is 0. The fourth-order valence-corrected chi connectivity index (χ4v) is 4.94. The van der Waals surface area contributed by atoms with E-state index in [0.29, 0.717) is 6.04 Å². The van der Waals surface area contributed by atoms with Gasteiger partial charge in [-0.05, 0) is 78.6 Å². The van der Waals surface area contributed by atoms with Gasteiger partial charge in [0.15, 0.2) is 0 Å². The number of carbonyl (C=O) groups is 1. The van der Waals surface area contributed by atoms with Crippen molar-refractivity contribution < 1.29 is 9.53 Å². The Morgan fingerprint density at radius 1 is 0.967 bits per heavy atom. The van der Waals surface area contributed by atoms with Gasteiger partial charge < -0.3 is 9.64 Å². The zero-order valence-corrected chi connectivity index (χ0v) is 16.9. The summed E-state index contributed by atoms with van der Waals surface area (Å²) in [6.45, 7) is 0.769. The number of aromatic amines is 1. The van der Waals surface area contributed by atoms with Crippen molar-refractivity contribution >= 4 is 5.91 Å². The average molecular weight is 399 g/mol. The number of amides is 1. The first-order chi connectivity index (χ1) is 14.8. The standard InChI is InChI=1S/C25H25N3O2/c29-25(28(21-6-7-21)22-8-9-23-20(14-22)15-26-27-23)17-3-1-16(2-4-17)18-5-10-24-19(13-18)11-12-30-24/h1-5,10,13,15,21-22H,6-9,11-12,14H2,(H,26,27). The molecule has 0 saturated heterocycles. The number of aryl methyl sites for hydroxylation is 1. The van der Waals surface area contributed by atoms with E-state index >= 15 is 0 Å². The SMILES string of the molecule is O=C(c1ccc(-c2ccc3c(c2)CCO3)cc1)N(C1CC1)C1CCc2[nH]ncc2C1. The van der Waals surface area contributed by atoms with Gasteiger partial charge in [-0.25, -0.2) is 0 Å². The molecule has 1 atom stereocenters. The number of hydrogen-bond acceptors (Lipinski definition) is 3. The van der Waals surface area contributed by atoms with Crippen LogP contribution < -0.4 is 4.74 Å². The van der Waals surface area contributed by atoms with Crippen LogP contribution in [0.3, 0.4) is 0 Å². The molecule has 2 aromatic carbocycles. The smallest absolute Gasteiger partial charge is 0.254 e. The summed E-state index contributed by atoms with van der Waals surface area (Å²) in [4.78, 5) is 15.6. The minimum atomic E-state index is 0.170. The summed E-state index contributed by atoms with van der Waals surface area (Å²) in [6, 6.07) is 15.2. The summed E-state index contributed by atoms with van der Waals surface area (Å²) < 4.78 is 5.61. The summed E-state index contributed by atoms with van der Waals surface area (Å²) in [5.74, 6) is 1.17. The van der Waals surface area contributed by atoms with Crippen molar-refractivity contribution in [2.24, 2.45) is 0 Å². The molecule has 3 aliphatic rings. The van der Waals surface area contributed by atoms with E-state index in [-0.39, 0.29) is 11.9 Å². The molecular weight excluding hydrogens is 374 g/mol. The molecule has 5 nitrogen and oxygen atoms in total. The Hall–Kier alpha value is -3.08. The maximum atomic E-state index is 13.5. The minimum absolute atomic E-state index is 0.170. The molecule has 1 saturated carbocycles. The van der Waals surface area contributed by atoms with E-state index in [9.17, 15) is 4.79 Å². The van der Waals surface area contributed by atoms with Crippen molar-refractivity contribution in [3.05, 3.63) is 71.0 Å². The highest BCUT2D eigenvalue weighted by molar-refractivity contribution is 5.95. The fourth-order valence-electron chi connectivity index (χ4n) is 4.94. The molecule has 2 aliphatic carbocycles. The van der Waals surface area contributed by atoms with E-state index in [1.54, 1.807) is 0 Å². The molecule has 152 valence electrons. The first kappa shape index (κ1) is 17.8. The number of H-pyrrole nitrogens is 1. The predicted octanol–water partition coefficient (Wildman–Crippen LogP) is 4.17. The first-order valence-electron chi connectivity index (χ1n) is 11.0. The molecule has 5 heteroatoms. The Morgan fingerprint density at radius 3 is 2.63 bits per heavy atom. The number of benzene rings is 2. The van der Waals surface area contributed by atoms with Crippen molar-refractivity contribution in [1.82, 2.24) is 15.1 Å². The predicted molar refractivity (Wildman–Crippen MR) is 115 cm³/mol. The third-order valence-electron chi connectivity index (χ3n) is 6.71. The maximum absolute atomic E-state index is 13.5. The van der Waals surface area contributed by atoms with Gasteiger partial charge in [0.1, 0.15) is 5.75 Å². The van der Waals surface area contributed by atoms with Crippen LogP contribution in [0.15, 0.2) is 48.7 Å². The second-order valence-electron chi connectivity index (χ2n) is 8.71. The highest BCUT2D eigenvalue weighted by Gasteiger charge is 2.39. The van der Waals surface area contributed by atoms with Gasteiger partial charge in [-0.2, -0.15) is 5.10 Å². The molecule has 1 N–H and O–H groups in total. The quantitative estimate of drug-likeness (QED) is 0.716. The monoisotopic (exact) mass is 399 g/mol. The Morgan fingerprint density at radius 2 is 1.80 bits per heavy atom. The molecule has 1 amide bonds. The third-order valence-corrected chi connectivity index (χ3v) is 6.71. The number of hydrogen-bond donors (Lipinski definition) is 1. The molecule has 2 heterocycles. The molecule has 6 rings (SSSR count). The molecule has 1 fully saturated rings. The zero-order valence-electron chi connectivity index (χ0n) is 16.9. The highest BCUT2D eigenvalue weighted by Crippen LogP contribution is 2.35. The molecule has 0 radical (unpaired) electrons. The largest absolute Gasteiger partial charge is 0.493 e. The van der Waals surface area contributed by atoms with E-state index in [2.05, 4.69) is 45.4 Å². The summed E-state index contributed by atoms with van der Waals surface area (Å²) in [5.41, 5.74) is 6.87. The summed E-state index contributed by atoms with van der Waals surface area (Å²) in [5, 5.41) is 7.28. The van der Waals surface area contributed by atoms with Crippen LogP contribution in [0.4, 0.5) is 0 Å². The number of carbonyl (C=O) groups excluding carboxylic acids is 1. The summed E-state index contributed by atoms with van der Waals surface area (Å²) in [6.07, 6.45) is 8.02. The van der Waals surface area contributed by atoms with Crippen LogP contribution in [0.2, 0.25) is 0 Å². The first-order valence-corrected chi connectivity index (χ1v) is 11.0. The lowest BCUT2D eigenvalue weighted by Gasteiger charge is -2.34. The van der Waals surface area contributed by atoms with Crippen molar-refractivity contribution in [2.45, 2.75) is 50.6 Å². The Bertz CT molecular complexity index is 1100. The van der Waals surface area contributed by atoms with Crippen LogP contribution in [0.25, 0.3) is 11.1 Å². The van der Waals surface area contributed by atoms with E-state index in [1.807, 2.05) is 18.3 Å². The summed E-state index contributed by atoms with van der Waals surface area (Å²) in [7, 11) is 0. The van der Waals surface area contributed by atoms with E-state index in [4.69, 9.17) is 4.74 Å². The van der Waals surface area contributed by atoms with Crippen LogP contribution in [0.1, 0.15) is 46.4 Å². The molecule has 30 heavy (non-hydrogen) atoms. The van der Waals surface area contributed by atoms with Gasteiger partial charge in [-0.15, -0.1) is 0 Å². The van der Waals surface area contributed by atoms with Crippen molar-refractivity contribution in [3.63, 3.8) is 0 Å². The minimum Gasteiger partial charge on any atom is -0.493 e. The molecule has 1 aromatic heterocycles. The van der Waals surface area contributed by atoms with E-state index < -0.39 is 0 Å². The molecule has 1 unspecified atom stereocenters. The van der Waals surface area contributed by atoms with Crippen LogP contribution in [0.5, 0.6) is 5.75 Å². The van der Waals surface area contributed by atoms with E-state index in [1.165, 1.54) is 22.4 Å². The Labute approximate surface area is 176 Å². The van der Waals surface area contributed by atoms with Gasteiger partial charge in [0.05, 0.1) is 12.8 Å². The number of nitrogens with one attached hydrogen (secondary N) is 1. The second kappa shape index (κ2) is 7.01. The van der Waals surface area contributed by atoms with Gasteiger partial charge in [0.25, 0.3) is 5.91 Å². The van der Waals surface area contributed by atoms with Gasteiger partial charge in [0.2, 0.25) is 0 Å². The van der Waals surface area contributed by atoms with E-state index in [0.717, 1.165) is 62.0 Å². The van der Waals surface area contributed by atoms with Crippen molar-refractivity contribution in [2.75, 3.05) is 6.61 Å². The van der Waals surface area contributed by atoms with Gasteiger partial charge in [0, 0.05) is 29.8 Å². The Balaban J connectivity index is 1.24. The van der Waals surface area contributed by atoms with Crippen LogP contribution in [-0.4, -0.2) is 39.7 Å². The van der Waals surface area contributed by atoms with Gasteiger partial charge in [-0.3, -0.25) is 9.89 Å². The zero-order chi connectivity index (χ0) is 20.1. The normalized spacial score (nSPS) is 19.7. The van der Waals surface area contributed by atoms with Crippen LogP contribution in [0, 0.1) is 0 Å². The Kier molecular flexibility index (Phi) is 4.15. The number of rotatable bonds is 4. The number of fused-ring (bicyclic) bond motifs is 2. The second-order valence-corrected chi connectivity index (χ2v) is 8.71.